The third-order valence-electron chi connectivity index (χ3n) is 3.91. The number of rotatable bonds is 6. The van der Waals surface area contributed by atoms with E-state index in [9.17, 15) is 0 Å². The molecule has 0 nitrogen and oxygen atoms in total. The Kier molecular flexibility index (Phi) is 5.84. The first-order chi connectivity index (χ1) is 12.0. The molecule has 0 amide bonds. The van der Waals surface area contributed by atoms with E-state index in [0.717, 1.165) is 0 Å². The molecule has 0 fully saturated rings. The highest BCUT2D eigenvalue weighted by Crippen LogP contribution is 2.57. The van der Waals surface area contributed by atoms with E-state index in [-0.39, 0.29) is 4.49 Å². The van der Waals surface area contributed by atoms with Crippen LogP contribution < -0.4 is 5.30 Å². The van der Waals surface area contributed by atoms with E-state index in [1.807, 2.05) is 0 Å². The maximum Gasteiger partial charge on any atom is 0.110 e. The predicted molar refractivity (Wildman–Crippen MR) is 119 cm³/mol. The Morgan fingerprint density at radius 1 is 0.640 bits per heavy atom. The first-order valence-corrected chi connectivity index (χ1v) is 14.7. The zero-order valence-corrected chi connectivity index (χ0v) is 17.9. The zero-order valence-electron chi connectivity index (χ0n) is 15.1. The Bertz CT molecular complexity index is 743. The highest BCUT2D eigenvalue weighted by Gasteiger charge is 2.39. The van der Waals surface area contributed by atoms with Crippen LogP contribution in [0.1, 0.15) is 11.1 Å². The van der Waals surface area contributed by atoms with Gasteiger partial charge >= 0.3 is 0 Å². The van der Waals surface area contributed by atoms with Crippen LogP contribution in [0, 0.1) is 0 Å². The van der Waals surface area contributed by atoms with E-state index in [1.165, 1.54) is 16.4 Å². The summed E-state index contributed by atoms with van der Waals surface area (Å²) in [5.41, 5.74) is 2.83. The van der Waals surface area contributed by atoms with E-state index in [0.29, 0.717) is 8.58 Å². The van der Waals surface area contributed by atoms with E-state index >= 15 is 0 Å². The van der Waals surface area contributed by atoms with Gasteiger partial charge in [0.2, 0.25) is 0 Å². The van der Waals surface area contributed by atoms with Crippen LogP contribution in [0.5, 0.6) is 0 Å². The summed E-state index contributed by atoms with van der Waals surface area (Å²) in [6.45, 7) is 7.36. The molecule has 128 valence electrons. The summed E-state index contributed by atoms with van der Waals surface area (Å²) in [7, 11) is -0.696. The van der Waals surface area contributed by atoms with Crippen molar-refractivity contribution >= 4 is 32.3 Å². The third-order valence-corrected chi connectivity index (χ3v) is 10.8. The van der Waals surface area contributed by atoms with Crippen LogP contribution in [0.3, 0.4) is 0 Å². The minimum Gasteiger partial charge on any atom is -0.165 e. The van der Waals surface area contributed by atoms with Gasteiger partial charge in [-0.1, -0.05) is 119 Å². The van der Waals surface area contributed by atoms with Gasteiger partial charge in [-0.15, -0.1) is 0 Å². The Hall–Kier alpha value is -1.34. The summed E-state index contributed by atoms with van der Waals surface area (Å²) < 4.78 is -0.0195. The molecule has 3 rings (SSSR count). The summed E-state index contributed by atoms with van der Waals surface area (Å²) in [5, 5.41) is 1.42. The average molecular weight is 381 g/mol. The standard InChI is InChI=1S/C22H25PSSi/c1-25(2,3)24-22(19-13-7-4-8-14-19,20-15-9-5-10-16-20)23-21-17-11-6-12-18-21/h4-18,23H,1-3H3. The topological polar surface area (TPSA) is 0 Å². The Balaban J connectivity index is 2.19. The summed E-state index contributed by atoms with van der Waals surface area (Å²) in [6, 6.07) is 33.1. The van der Waals surface area contributed by atoms with Crippen LogP contribution in [0.15, 0.2) is 91.0 Å². The van der Waals surface area contributed by atoms with Crippen LogP contribution in [-0.2, 0) is 4.49 Å². The van der Waals surface area contributed by atoms with E-state index in [4.69, 9.17) is 0 Å². The normalized spacial score (nSPS) is 12.6. The largest absolute Gasteiger partial charge is 0.165 e. The van der Waals surface area contributed by atoms with E-state index in [2.05, 4.69) is 122 Å². The minimum atomic E-state index is -1.39. The number of benzene rings is 3. The maximum atomic E-state index is 2.45. The smallest absolute Gasteiger partial charge is 0.110 e. The van der Waals surface area contributed by atoms with Gasteiger partial charge in [-0.2, -0.15) is 11.2 Å². The lowest BCUT2D eigenvalue weighted by molar-refractivity contribution is 1.07. The quantitative estimate of drug-likeness (QED) is 0.349. The van der Waals surface area contributed by atoms with Crippen molar-refractivity contribution in [3.05, 3.63) is 102 Å². The molecule has 3 aromatic carbocycles. The maximum absolute atomic E-state index is 2.45. The highest BCUT2D eigenvalue weighted by molar-refractivity contribution is 8.31. The SMILES string of the molecule is C[Si](C)(C)SC(Pc1ccccc1)(c1ccccc1)c1ccccc1. The lowest BCUT2D eigenvalue weighted by atomic mass is 10.0. The molecule has 1 atom stereocenters. The summed E-state index contributed by atoms with van der Waals surface area (Å²) in [4.78, 5) is 0. The van der Waals surface area contributed by atoms with Crippen molar-refractivity contribution in [1.82, 2.24) is 0 Å². The van der Waals surface area contributed by atoms with Gasteiger partial charge in [-0.05, 0) is 16.4 Å². The van der Waals surface area contributed by atoms with Gasteiger partial charge in [0.1, 0.15) is 7.22 Å². The van der Waals surface area contributed by atoms with Gasteiger partial charge in [-0.25, -0.2) is 0 Å². The molecule has 0 bridgehead atoms. The first kappa shape index (κ1) is 18.4. The minimum absolute atomic E-state index is 0.0195. The van der Waals surface area contributed by atoms with Crippen molar-refractivity contribution in [2.75, 3.05) is 0 Å². The van der Waals surface area contributed by atoms with Crippen molar-refractivity contribution in [2.24, 2.45) is 0 Å². The highest BCUT2D eigenvalue weighted by atomic mass is 32.4. The van der Waals surface area contributed by atoms with Crippen molar-refractivity contribution in [3.63, 3.8) is 0 Å². The zero-order chi connectivity index (χ0) is 17.8. The lowest BCUT2D eigenvalue weighted by Crippen LogP contribution is -2.29. The van der Waals surface area contributed by atoms with Gasteiger partial charge in [0, 0.05) is 0 Å². The molecule has 0 aromatic heterocycles. The number of hydrogen-bond donors (Lipinski definition) is 0. The fourth-order valence-electron chi connectivity index (χ4n) is 2.98. The molecule has 0 saturated heterocycles. The van der Waals surface area contributed by atoms with Gasteiger partial charge in [0.15, 0.2) is 0 Å². The fraction of sp³-hybridized carbons (Fsp3) is 0.182. The van der Waals surface area contributed by atoms with E-state index < -0.39 is 7.22 Å². The molecule has 0 radical (unpaired) electrons. The summed E-state index contributed by atoms with van der Waals surface area (Å²) >= 11 is 2.20. The Morgan fingerprint density at radius 3 is 1.44 bits per heavy atom. The molecule has 0 saturated carbocycles. The van der Waals surface area contributed by atoms with Crippen molar-refractivity contribution in [2.45, 2.75) is 24.1 Å². The Morgan fingerprint density at radius 2 is 1.04 bits per heavy atom. The van der Waals surface area contributed by atoms with Gasteiger partial charge < -0.3 is 0 Å². The van der Waals surface area contributed by atoms with Gasteiger partial charge in [0.25, 0.3) is 0 Å². The molecule has 3 aromatic rings. The van der Waals surface area contributed by atoms with Crippen molar-refractivity contribution < 1.29 is 0 Å². The van der Waals surface area contributed by atoms with Gasteiger partial charge in [0.05, 0.1) is 4.49 Å². The van der Waals surface area contributed by atoms with E-state index in [1.54, 1.807) is 0 Å². The molecule has 25 heavy (non-hydrogen) atoms. The molecular formula is C22H25PSSi. The molecule has 0 heterocycles. The monoisotopic (exact) mass is 380 g/mol. The molecule has 3 heteroatoms. The molecule has 0 aliphatic heterocycles. The number of hydrogen-bond acceptors (Lipinski definition) is 1. The molecular weight excluding hydrogens is 355 g/mol. The molecule has 0 aliphatic carbocycles. The van der Waals surface area contributed by atoms with Crippen molar-refractivity contribution in [3.8, 4) is 0 Å². The second kappa shape index (κ2) is 7.91. The molecule has 0 aliphatic rings. The molecule has 0 spiro atoms. The predicted octanol–water partition coefficient (Wildman–Crippen LogP) is 6.46. The van der Waals surface area contributed by atoms with Crippen LogP contribution in [-0.4, -0.2) is 7.22 Å². The third kappa shape index (κ3) is 4.64. The van der Waals surface area contributed by atoms with Crippen LogP contribution in [0.25, 0.3) is 0 Å². The van der Waals surface area contributed by atoms with Crippen LogP contribution in [0.2, 0.25) is 19.6 Å². The van der Waals surface area contributed by atoms with Crippen molar-refractivity contribution in [1.29, 1.82) is 0 Å². The van der Waals surface area contributed by atoms with Crippen LogP contribution in [0.4, 0.5) is 0 Å². The summed E-state index contributed by atoms with van der Waals surface area (Å²) in [5.74, 6) is 0. The summed E-state index contributed by atoms with van der Waals surface area (Å²) in [6.07, 6.45) is 0. The Labute approximate surface area is 158 Å². The van der Waals surface area contributed by atoms with Gasteiger partial charge in [-0.3, -0.25) is 0 Å². The second-order valence-electron chi connectivity index (χ2n) is 7.12. The lowest BCUT2D eigenvalue weighted by Gasteiger charge is -2.39. The second-order valence-corrected chi connectivity index (χ2v) is 18.4. The first-order valence-electron chi connectivity index (χ1n) is 8.64. The molecule has 0 N–H and O–H groups in total. The average Bonchev–Trinajstić information content (AvgIpc) is 2.62. The fourth-order valence-corrected chi connectivity index (χ4v) is 13.0. The van der Waals surface area contributed by atoms with Crippen LogP contribution >= 0.6 is 19.8 Å². The molecule has 1 unspecified atom stereocenters.